The molecule has 116 valence electrons. The second kappa shape index (κ2) is 7.31. The number of hydrogen-bond acceptors (Lipinski definition) is 5. The Morgan fingerprint density at radius 3 is 2.77 bits per heavy atom. The Balaban J connectivity index is 1.85. The molecule has 0 unspecified atom stereocenters. The quantitative estimate of drug-likeness (QED) is 0.603. The molecule has 2 rings (SSSR count). The van der Waals surface area contributed by atoms with Crippen LogP contribution in [-0.4, -0.2) is 18.3 Å². The first-order valence-corrected chi connectivity index (χ1v) is 6.94. The van der Waals surface area contributed by atoms with Gasteiger partial charge in [-0.2, -0.15) is 0 Å². The molecule has 1 heterocycles. The van der Waals surface area contributed by atoms with Crippen molar-refractivity contribution in [3.8, 4) is 5.75 Å². The summed E-state index contributed by atoms with van der Waals surface area (Å²) in [5.74, 6) is 0.759. The molecule has 1 amide bonds. The molecule has 0 saturated heterocycles. The third-order valence-corrected chi connectivity index (χ3v) is 3.05. The van der Waals surface area contributed by atoms with Crippen molar-refractivity contribution >= 4 is 17.4 Å². The van der Waals surface area contributed by atoms with E-state index >= 15 is 0 Å². The summed E-state index contributed by atoms with van der Waals surface area (Å²) in [5, 5.41) is 2.66. The van der Waals surface area contributed by atoms with E-state index in [4.69, 9.17) is 14.9 Å². The Morgan fingerprint density at radius 2 is 2.14 bits per heavy atom. The number of carbonyl (C=O) groups excluding carboxylic acids is 2. The minimum Gasteiger partial charge on any atom is -0.482 e. The molecule has 22 heavy (non-hydrogen) atoms. The number of nitrogens with one attached hydrogen (secondary N) is 1. The van der Waals surface area contributed by atoms with Crippen molar-refractivity contribution in [1.82, 2.24) is 5.32 Å². The molecule has 0 aliphatic carbocycles. The van der Waals surface area contributed by atoms with E-state index in [2.05, 4.69) is 5.32 Å². The van der Waals surface area contributed by atoms with Crippen LogP contribution in [0.1, 0.15) is 29.5 Å². The van der Waals surface area contributed by atoms with E-state index in [-0.39, 0.29) is 18.3 Å². The van der Waals surface area contributed by atoms with Gasteiger partial charge in [0.1, 0.15) is 11.5 Å². The Bertz CT molecular complexity index is 650. The van der Waals surface area contributed by atoms with Gasteiger partial charge in [-0.05, 0) is 30.3 Å². The van der Waals surface area contributed by atoms with Gasteiger partial charge in [-0.3, -0.25) is 9.59 Å². The van der Waals surface area contributed by atoms with E-state index in [0.717, 1.165) is 0 Å². The van der Waals surface area contributed by atoms with Gasteiger partial charge in [0.15, 0.2) is 12.4 Å². The number of Topliss-reactive ketones (excluding diaryl/α,β-unsaturated/α-hetero) is 1. The third kappa shape index (κ3) is 4.12. The number of hydrogen-bond donors (Lipinski definition) is 2. The molecule has 0 spiro atoms. The minimum atomic E-state index is -0.287. The molecule has 6 heteroatoms. The molecule has 0 saturated carbocycles. The Hall–Kier alpha value is -2.76. The molecule has 6 nitrogen and oxygen atoms in total. The lowest BCUT2D eigenvalue weighted by Crippen LogP contribution is -2.28. The van der Waals surface area contributed by atoms with Gasteiger partial charge in [0, 0.05) is 12.0 Å². The first-order chi connectivity index (χ1) is 10.6. The van der Waals surface area contributed by atoms with Gasteiger partial charge in [-0.1, -0.05) is 6.92 Å². The molecule has 0 atom stereocenters. The van der Waals surface area contributed by atoms with Crippen molar-refractivity contribution in [3.63, 3.8) is 0 Å². The second-order valence-electron chi connectivity index (χ2n) is 4.67. The monoisotopic (exact) mass is 302 g/mol. The molecular formula is C16H18N2O4. The summed E-state index contributed by atoms with van der Waals surface area (Å²) in [7, 11) is 0. The van der Waals surface area contributed by atoms with Crippen LogP contribution in [0.4, 0.5) is 5.69 Å². The lowest BCUT2D eigenvalue weighted by molar-refractivity contribution is -0.123. The number of nitrogen functional groups attached to an aromatic ring is 1. The van der Waals surface area contributed by atoms with Gasteiger partial charge in [-0.15, -0.1) is 0 Å². The van der Waals surface area contributed by atoms with Crippen molar-refractivity contribution in [2.24, 2.45) is 0 Å². The molecular weight excluding hydrogens is 284 g/mol. The fourth-order valence-electron chi connectivity index (χ4n) is 1.85. The molecule has 3 N–H and O–H groups in total. The number of ether oxygens (including phenoxy) is 1. The number of benzene rings is 1. The van der Waals surface area contributed by atoms with Crippen LogP contribution >= 0.6 is 0 Å². The topological polar surface area (TPSA) is 94.6 Å². The second-order valence-corrected chi connectivity index (χ2v) is 4.67. The summed E-state index contributed by atoms with van der Waals surface area (Å²) in [5.41, 5.74) is 6.70. The van der Waals surface area contributed by atoms with E-state index in [1.807, 2.05) is 0 Å². The smallest absolute Gasteiger partial charge is 0.258 e. The van der Waals surface area contributed by atoms with Crippen LogP contribution < -0.4 is 15.8 Å². The Labute approximate surface area is 128 Å². The molecule has 2 aromatic rings. The van der Waals surface area contributed by atoms with Crippen LogP contribution in [0, 0.1) is 0 Å². The van der Waals surface area contributed by atoms with Crippen molar-refractivity contribution < 1.29 is 18.7 Å². The molecule has 0 bridgehead atoms. The SMILES string of the molecule is CCC(=O)c1ccc(OCC(=O)NCc2ccco2)c(N)c1. The van der Waals surface area contributed by atoms with E-state index in [0.29, 0.717) is 35.7 Å². The van der Waals surface area contributed by atoms with Gasteiger partial charge in [-0.25, -0.2) is 0 Å². The van der Waals surface area contributed by atoms with Gasteiger partial charge in [0.2, 0.25) is 0 Å². The van der Waals surface area contributed by atoms with Gasteiger partial charge in [0.25, 0.3) is 5.91 Å². The summed E-state index contributed by atoms with van der Waals surface area (Å²) in [6.07, 6.45) is 1.95. The maximum Gasteiger partial charge on any atom is 0.258 e. The number of anilines is 1. The highest BCUT2D eigenvalue weighted by Gasteiger charge is 2.09. The van der Waals surface area contributed by atoms with Crippen molar-refractivity contribution in [2.75, 3.05) is 12.3 Å². The number of nitrogens with two attached hydrogens (primary N) is 1. The lowest BCUT2D eigenvalue weighted by Gasteiger charge is -2.10. The van der Waals surface area contributed by atoms with Crippen molar-refractivity contribution in [1.29, 1.82) is 0 Å². The first kappa shape index (κ1) is 15.6. The van der Waals surface area contributed by atoms with Crippen LogP contribution in [-0.2, 0) is 11.3 Å². The number of rotatable bonds is 7. The predicted molar refractivity (Wildman–Crippen MR) is 81.5 cm³/mol. The third-order valence-electron chi connectivity index (χ3n) is 3.05. The first-order valence-electron chi connectivity index (χ1n) is 6.94. The predicted octanol–water partition coefficient (Wildman–Crippen LogP) is 2.15. The number of ketones is 1. The zero-order chi connectivity index (χ0) is 15.9. The average Bonchev–Trinajstić information content (AvgIpc) is 3.04. The molecule has 1 aromatic heterocycles. The maximum absolute atomic E-state index is 11.7. The highest BCUT2D eigenvalue weighted by molar-refractivity contribution is 5.97. The summed E-state index contributed by atoms with van der Waals surface area (Å²) >= 11 is 0. The highest BCUT2D eigenvalue weighted by atomic mass is 16.5. The lowest BCUT2D eigenvalue weighted by atomic mass is 10.1. The van der Waals surface area contributed by atoms with E-state index in [9.17, 15) is 9.59 Å². The normalized spacial score (nSPS) is 10.2. The van der Waals surface area contributed by atoms with Crippen molar-refractivity contribution in [3.05, 3.63) is 47.9 Å². The largest absolute Gasteiger partial charge is 0.482 e. The summed E-state index contributed by atoms with van der Waals surface area (Å²) in [6.45, 7) is 1.92. The number of carbonyl (C=O) groups is 2. The maximum atomic E-state index is 11.7. The number of furan rings is 1. The minimum absolute atomic E-state index is 0.00874. The average molecular weight is 302 g/mol. The molecule has 1 aromatic carbocycles. The fourth-order valence-corrected chi connectivity index (χ4v) is 1.85. The van der Waals surface area contributed by atoms with Crippen LogP contribution in [0.15, 0.2) is 41.0 Å². The van der Waals surface area contributed by atoms with Gasteiger partial charge in [0.05, 0.1) is 18.5 Å². The Kier molecular flexibility index (Phi) is 5.19. The fraction of sp³-hybridized carbons (Fsp3) is 0.250. The van der Waals surface area contributed by atoms with Gasteiger partial charge < -0.3 is 20.2 Å². The standard InChI is InChI=1S/C16H18N2O4/c1-2-14(19)11-5-6-15(13(17)8-11)22-10-16(20)18-9-12-4-3-7-21-12/h3-8H,2,9-10,17H2,1H3,(H,18,20). The van der Waals surface area contributed by atoms with Crippen LogP contribution in [0.2, 0.25) is 0 Å². The summed E-state index contributed by atoms with van der Waals surface area (Å²) in [6, 6.07) is 8.30. The zero-order valence-corrected chi connectivity index (χ0v) is 12.3. The van der Waals surface area contributed by atoms with Crippen LogP contribution in [0.25, 0.3) is 0 Å². The molecule has 0 radical (unpaired) electrons. The zero-order valence-electron chi connectivity index (χ0n) is 12.3. The molecule has 0 aliphatic rings. The Morgan fingerprint density at radius 1 is 1.32 bits per heavy atom. The highest BCUT2D eigenvalue weighted by Crippen LogP contribution is 2.23. The van der Waals surface area contributed by atoms with E-state index < -0.39 is 0 Å². The van der Waals surface area contributed by atoms with Crippen LogP contribution in [0.5, 0.6) is 5.75 Å². The van der Waals surface area contributed by atoms with Crippen molar-refractivity contribution in [2.45, 2.75) is 19.9 Å². The summed E-state index contributed by atoms with van der Waals surface area (Å²) in [4.78, 5) is 23.2. The van der Waals surface area contributed by atoms with Gasteiger partial charge >= 0.3 is 0 Å². The number of amides is 1. The molecule has 0 aliphatic heterocycles. The van der Waals surface area contributed by atoms with E-state index in [1.54, 1.807) is 37.3 Å². The molecule has 0 fully saturated rings. The van der Waals surface area contributed by atoms with E-state index in [1.165, 1.54) is 6.26 Å². The summed E-state index contributed by atoms with van der Waals surface area (Å²) < 4.78 is 10.5. The van der Waals surface area contributed by atoms with Crippen LogP contribution in [0.3, 0.4) is 0 Å².